The molecule has 2 aliphatic rings. The van der Waals surface area contributed by atoms with Crippen molar-refractivity contribution in [3.8, 4) is 17.2 Å². The molecule has 4 rings (SSSR count). The minimum atomic E-state index is -0.282. The van der Waals surface area contributed by atoms with Crippen molar-refractivity contribution >= 4 is 6.09 Å². The number of hydrogen-bond acceptors (Lipinski definition) is 5. The Morgan fingerprint density at radius 1 is 0.971 bits per heavy atom. The van der Waals surface area contributed by atoms with Gasteiger partial charge in [0.25, 0.3) is 0 Å². The van der Waals surface area contributed by atoms with Gasteiger partial charge in [0.15, 0.2) is 11.5 Å². The van der Waals surface area contributed by atoms with Crippen LogP contribution in [0, 0.1) is 17.8 Å². The third kappa shape index (κ3) is 5.21. The fourth-order valence-corrected chi connectivity index (χ4v) is 5.74. The van der Waals surface area contributed by atoms with Crippen molar-refractivity contribution < 1.29 is 23.7 Å². The standard InChI is InChI=1S/C29H39NO5/c1-18(2)23-12-7-19(3)15-25(23)35-29(31)30-14-13-21-16-26(33-5)27(34-6)17-24(21)28(30)20-8-10-22(32-4)11-9-20/h8-11,16-19,23,25,28H,7,12-15H2,1-6H3/t19-,23+,25-,28?/m0/s1. The van der Waals surface area contributed by atoms with E-state index in [4.69, 9.17) is 18.9 Å². The van der Waals surface area contributed by atoms with Crippen LogP contribution >= 0.6 is 0 Å². The van der Waals surface area contributed by atoms with Gasteiger partial charge in [-0.3, -0.25) is 4.90 Å². The number of benzene rings is 2. The van der Waals surface area contributed by atoms with Crippen molar-refractivity contribution in [2.45, 2.75) is 58.6 Å². The van der Waals surface area contributed by atoms with E-state index in [1.807, 2.05) is 41.3 Å². The van der Waals surface area contributed by atoms with E-state index in [0.29, 0.717) is 35.8 Å². The molecule has 1 aliphatic carbocycles. The Balaban J connectivity index is 1.70. The van der Waals surface area contributed by atoms with E-state index in [9.17, 15) is 4.79 Å². The zero-order valence-electron chi connectivity index (χ0n) is 21.9. The van der Waals surface area contributed by atoms with Crippen LogP contribution in [-0.4, -0.2) is 45.0 Å². The Morgan fingerprint density at radius 3 is 2.29 bits per heavy atom. The summed E-state index contributed by atoms with van der Waals surface area (Å²) in [5, 5.41) is 0. The van der Waals surface area contributed by atoms with Crippen LogP contribution in [0.1, 0.15) is 62.8 Å². The van der Waals surface area contributed by atoms with Crippen LogP contribution in [0.25, 0.3) is 0 Å². The van der Waals surface area contributed by atoms with E-state index in [-0.39, 0.29) is 18.2 Å². The Morgan fingerprint density at radius 2 is 1.66 bits per heavy atom. The lowest BCUT2D eigenvalue weighted by Gasteiger charge is -2.41. The van der Waals surface area contributed by atoms with Crippen molar-refractivity contribution in [2.75, 3.05) is 27.9 Å². The molecule has 0 aromatic heterocycles. The molecule has 190 valence electrons. The summed E-state index contributed by atoms with van der Waals surface area (Å²) in [6.45, 7) is 7.30. The van der Waals surface area contributed by atoms with Crippen LogP contribution in [0.3, 0.4) is 0 Å². The topological polar surface area (TPSA) is 57.2 Å². The van der Waals surface area contributed by atoms with Gasteiger partial charge in [-0.05, 0) is 78.0 Å². The number of amides is 1. The molecule has 1 saturated carbocycles. The number of carbonyl (C=O) groups excluding carboxylic acids is 1. The SMILES string of the molecule is COc1ccc(C2c3cc(OC)c(OC)cc3CCN2C(=O)O[C@H]2C[C@@H](C)CC[C@@H]2C(C)C)cc1. The smallest absolute Gasteiger partial charge is 0.410 e. The summed E-state index contributed by atoms with van der Waals surface area (Å²) in [6, 6.07) is 11.7. The number of hydrogen-bond donors (Lipinski definition) is 0. The van der Waals surface area contributed by atoms with Crippen molar-refractivity contribution in [3.63, 3.8) is 0 Å². The lowest BCUT2D eigenvalue weighted by molar-refractivity contribution is -0.0145. The summed E-state index contributed by atoms with van der Waals surface area (Å²) in [7, 11) is 4.94. The molecule has 6 nitrogen and oxygen atoms in total. The molecule has 2 aromatic rings. The van der Waals surface area contributed by atoms with Crippen molar-refractivity contribution in [3.05, 3.63) is 53.1 Å². The van der Waals surface area contributed by atoms with Crippen LogP contribution in [0.2, 0.25) is 0 Å². The van der Waals surface area contributed by atoms with Gasteiger partial charge in [-0.1, -0.05) is 39.3 Å². The Kier molecular flexibility index (Phi) is 7.78. The largest absolute Gasteiger partial charge is 0.497 e. The molecule has 6 heteroatoms. The summed E-state index contributed by atoms with van der Waals surface area (Å²) in [4.78, 5) is 15.6. The minimum absolute atomic E-state index is 0.0467. The molecule has 0 spiro atoms. The minimum Gasteiger partial charge on any atom is -0.497 e. The first kappa shape index (κ1) is 25.2. The van der Waals surface area contributed by atoms with Crippen LogP contribution in [0.5, 0.6) is 17.2 Å². The fourth-order valence-electron chi connectivity index (χ4n) is 5.74. The third-order valence-corrected chi connectivity index (χ3v) is 7.75. The van der Waals surface area contributed by atoms with Gasteiger partial charge in [0.2, 0.25) is 0 Å². The number of methoxy groups -OCH3 is 3. The molecule has 0 bridgehead atoms. The summed E-state index contributed by atoms with van der Waals surface area (Å²) < 4.78 is 22.8. The second-order valence-corrected chi connectivity index (χ2v) is 10.3. The van der Waals surface area contributed by atoms with Gasteiger partial charge in [-0.25, -0.2) is 4.79 Å². The van der Waals surface area contributed by atoms with Crippen molar-refractivity contribution in [2.24, 2.45) is 17.8 Å². The van der Waals surface area contributed by atoms with Gasteiger partial charge in [0.1, 0.15) is 11.9 Å². The van der Waals surface area contributed by atoms with E-state index in [1.165, 1.54) is 6.42 Å². The molecule has 0 radical (unpaired) electrons. The quantitative estimate of drug-likeness (QED) is 0.488. The number of rotatable bonds is 6. The zero-order valence-corrected chi connectivity index (χ0v) is 21.9. The van der Waals surface area contributed by atoms with Crippen LogP contribution < -0.4 is 14.2 Å². The highest BCUT2D eigenvalue weighted by atomic mass is 16.6. The lowest BCUT2D eigenvalue weighted by Crippen LogP contribution is -2.44. The summed E-state index contributed by atoms with van der Waals surface area (Å²) in [5.74, 6) is 3.58. The summed E-state index contributed by atoms with van der Waals surface area (Å²) in [6.07, 6.45) is 3.68. The highest BCUT2D eigenvalue weighted by molar-refractivity contribution is 5.71. The van der Waals surface area contributed by atoms with Crippen LogP contribution in [-0.2, 0) is 11.2 Å². The Bertz CT molecular complexity index is 1020. The molecule has 0 N–H and O–H groups in total. The molecule has 1 amide bonds. The first-order chi connectivity index (χ1) is 16.9. The van der Waals surface area contributed by atoms with Gasteiger partial charge in [0, 0.05) is 6.54 Å². The summed E-state index contributed by atoms with van der Waals surface area (Å²) in [5.41, 5.74) is 3.20. The monoisotopic (exact) mass is 481 g/mol. The van der Waals surface area contributed by atoms with Gasteiger partial charge in [-0.2, -0.15) is 0 Å². The van der Waals surface area contributed by atoms with E-state index < -0.39 is 0 Å². The molecule has 2 aromatic carbocycles. The second kappa shape index (κ2) is 10.8. The average Bonchev–Trinajstić information content (AvgIpc) is 2.87. The lowest BCUT2D eigenvalue weighted by atomic mass is 9.75. The zero-order chi connectivity index (χ0) is 25.1. The van der Waals surface area contributed by atoms with Crippen molar-refractivity contribution in [1.82, 2.24) is 4.90 Å². The molecular formula is C29H39NO5. The molecule has 4 atom stereocenters. The fraction of sp³-hybridized carbons (Fsp3) is 0.552. The van der Waals surface area contributed by atoms with Gasteiger partial charge < -0.3 is 18.9 Å². The predicted octanol–water partition coefficient (Wildman–Crippen LogP) is 6.26. The van der Waals surface area contributed by atoms with Gasteiger partial charge in [0.05, 0.1) is 27.4 Å². The number of nitrogens with zero attached hydrogens (tertiary/aromatic N) is 1. The normalized spacial score (nSPS) is 24.0. The Hall–Kier alpha value is -2.89. The highest BCUT2D eigenvalue weighted by Crippen LogP contribution is 2.42. The second-order valence-electron chi connectivity index (χ2n) is 10.3. The number of carbonyl (C=O) groups is 1. The number of fused-ring (bicyclic) bond motifs is 1. The molecule has 35 heavy (non-hydrogen) atoms. The molecule has 1 fully saturated rings. The first-order valence-corrected chi connectivity index (χ1v) is 12.7. The number of ether oxygens (including phenoxy) is 4. The molecule has 1 heterocycles. The molecule has 1 aliphatic heterocycles. The third-order valence-electron chi connectivity index (χ3n) is 7.75. The van der Waals surface area contributed by atoms with Gasteiger partial charge >= 0.3 is 6.09 Å². The molecule has 1 unspecified atom stereocenters. The van der Waals surface area contributed by atoms with Crippen LogP contribution in [0.15, 0.2) is 36.4 Å². The predicted molar refractivity (Wildman–Crippen MR) is 136 cm³/mol. The maximum Gasteiger partial charge on any atom is 0.410 e. The maximum atomic E-state index is 13.8. The van der Waals surface area contributed by atoms with Crippen LogP contribution in [0.4, 0.5) is 4.79 Å². The van der Waals surface area contributed by atoms with E-state index in [0.717, 1.165) is 41.7 Å². The van der Waals surface area contributed by atoms with Gasteiger partial charge in [-0.15, -0.1) is 0 Å². The van der Waals surface area contributed by atoms with E-state index in [1.54, 1.807) is 21.3 Å². The molecular weight excluding hydrogens is 442 g/mol. The molecule has 0 saturated heterocycles. The first-order valence-electron chi connectivity index (χ1n) is 12.7. The summed E-state index contributed by atoms with van der Waals surface area (Å²) >= 11 is 0. The van der Waals surface area contributed by atoms with E-state index >= 15 is 0 Å². The highest BCUT2D eigenvalue weighted by Gasteiger charge is 2.38. The van der Waals surface area contributed by atoms with Crippen molar-refractivity contribution in [1.29, 1.82) is 0 Å². The maximum absolute atomic E-state index is 13.8. The average molecular weight is 482 g/mol. The Labute approximate surface area is 209 Å². The van der Waals surface area contributed by atoms with E-state index in [2.05, 4.69) is 20.8 Å².